The van der Waals surface area contributed by atoms with E-state index in [1.807, 2.05) is 54.6 Å². The Morgan fingerprint density at radius 2 is 1.47 bits per heavy atom. The summed E-state index contributed by atoms with van der Waals surface area (Å²) in [6, 6.07) is 29.6. The highest BCUT2D eigenvalue weighted by atomic mass is 32.2. The Morgan fingerprint density at radius 1 is 0.778 bits per heavy atom. The minimum atomic E-state index is -0.615. The summed E-state index contributed by atoms with van der Waals surface area (Å²) >= 11 is 2.33. The minimum absolute atomic E-state index is 0.146. The lowest BCUT2D eigenvalue weighted by Gasteiger charge is -2.13. The van der Waals surface area contributed by atoms with Crippen LogP contribution in [0.2, 0.25) is 0 Å². The highest BCUT2D eigenvalue weighted by Gasteiger charge is 2.28. The molecule has 45 heavy (non-hydrogen) atoms. The van der Waals surface area contributed by atoms with Crippen molar-refractivity contribution in [3.8, 4) is 0 Å². The van der Waals surface area contributed by atoms with E-state index in [4.69, 9.17) is 4.74 Å². The second-order valence-corrected chi connectivity index (χ2v) is 12.5. The van der Waals surface area contributed by atoms with E-state index in [-0.39, 0.29) is 34.9 Å². The standard InChI is InChI=1S/C35H31N3O5S2/c1-4-43-35(42)29-21(2)30(33(41)36-26-13-6-5-7-14-26)45-34(29)38-31(39)22(3)44-28-16-10-15-27(20-28)37-32(40)25-18-17-23-11-8-9-12-24(23)19-25/h5-20,22H,4H2,1-3H3,(H,36,41)(H,37,40)(H,38,39). The van der Waals surface area contributed by atoms with Gasteiger partial charge in [-0.1, -0.05) is 54.6 Å². The number of fused-ring (bicyclic) bond motifs is 1. The van der Waals surface area contributed by atoms with Gasteiger partial charge in [0, 0.05) is 21.8 Å². The lowest BCUT2D eigenvalue weighted by molar-refractivity contribution is -0.115. The Morgan fingerprint density at radius 3 is 2.22 bits per heavy atom. The van der Waals surface area contributed by atoms with Gasteiger partial charge in [0.1, 0.15) is 5.00 Å². The predicted octanol–water partition coefficient (Wildman–Crippen LogP) is 8.01. The number of carbonyl (C=O) groups is 4. The van der Waals surface area contributed by atoms with E-state index in [1.54, 1.807) is 63.2 Å². The molecule has 1 unspecified atom stereocenters. The molecule has 0 aliphatic carbocycles. The van der Waals surface area contributed by atoms with Gasteiger partial charge in [0.15, 0.2) is 0 Å². The number of nitrogens with one attached hydrogen (secondary N) is 3. The van der Waals surface area contributed by atoms with Gasteiger partial charge in [-0.15, -0.1) is 23.1 Å². The van der Waals surface area contributed by atoms with E-state index in [9.17, 15) is 19.2 Å². The molecular weight excluding hydrogens is 607 g/mol. The summed E-state index contributed by atoms with van der Waals surface area (Å²) in [5, 5.41) is 10.3. The molecule has 0 radical (unpaired) electrons. The Bertz CT molecular complexity index is 1890. The number of hydrogen-bond acceptors (Lipinski definition) is 7. The Labute approximate surface area is 269 Å². The van der Waals surface area contributed by atoms with Crippen LogP contribution in [0.5, 0.6) is 0 Å². The van der Waals surface area contributed by atoms with Crippen LogP contribution in [0.15, 0.2) is 102 Å². The number of para-hydroxylation sites is 1. The third-order valence-electron chi connectivity index (χ3n) is 6.89. The quantitative estimate of drug-likeness (QED) is 0.106. The average Bonchev–Trinajstić information content (AvgIpc) is 3.36. The normalized spacial score (nSPS) is 11.4. The molecule has 3 amide bonds. The third kappa shape index (κ3) is 7.60. The summed E-state index contributed by atoms with van der Waals surface area (Å²) in [6.45, 7) is 5.24. The molecule has 1 heterocycles. The molecule has 0 bridgehead atoms. The number of amides is 3. The van der Waals surface area contributed by atoms with Crippen molar-refractivity contribution in [3.63, 3.8) is 0 Å². The van der Waals surface area contributed by atoms with Gasteiger partial charge in [0.05, 0.1) is 22.3 Å². The van der Waals surface area contributed by atoms with Gasteiger partial charge < -0.3 is 20.7 Å². The van der Waals surface area contributed by atoms with Gasteiger partial charge in [-0.2, -0.15) is 0 Å². The molecule has 10 heteroatoms. The number of benzene rings is 4. The molecule has 1 aromatic heterocycles. The molecule has 5 aromatic rings. The van der Waals surface area contributed by atoms with E-state index < -0.39 is 11.2 Å². The summed E-state index contributed by atoms with van der Waals surface area (Å²) in [4.78, 5) is 53.3. The van der Waals surface area contributed by atoms with Crippen molar-refractivity contribution in [2.45, 2.75) is 30.9 Å². The smallest absolute Gasteiger partial charge is 0.341 e. The van der Waals surface area contributed by atoms with E-state index in [0.29, 0.717) is 27.4 Å². The van der Waals surface area contributed by atoms with Crippen LogP contribution in [-0.4, -0.2) is 35.5 Å². The lowest BCUT2D eigenvalue weighted by Crippen LogP contribution is -2.23. The fourth-order valence-electron chi connectivity index (χ4n) is 4.63. The zero-order valence-electron chi connectivity index (χ0n) is 24.9. The third-order valence-corrected chi connectivity index (χ3v) is 9.19. The van der Waals surface area contributed by atoms with E-state index >= 15 is 0 Å². The molecule has 0 saturated carbocycles. The molecule has 0 spiro atoms. The largest absolute Gasteiger partial charge is 0.462 e. The van der Waals surface area contributed by atoms with Crippen LogP contribution >= 0.6 is 23.1 Å². The van der Waals surface area contributed by atoms with Crippen LogP contribution in [-0.2, 0) is 9.53 Å². The van der Waals surface area contributed by atoms with Gasteiger partial charge in [0.2, 0.25) is 5.91 Å². The second kappa shape index (κ2) is 14.2. The van der Waals surface area contributed by atoms with Crippen molar-refractivity contribution in [1.29, 1.82) is 0 Å². The van der Waals surface area contributed by atoms with Gasteiger partial charge >= 0.3 is 5.97 Å². The number of rotatable bonds is 10. The number of thioether (sulfide) groups is 1. The maximum atomic E-state index is 13.3. The fraction of sp³-hybridized carbons (Fsp3) is 0.143. The van der Waals surface area contributed by atoms with Crippen LogP contribution in [0.3, 0.4) is 0 Å². The molecule has 0 aliphatic heterocycles. The summed E-state index contributed by atoms with van der Waals surface area (Å²) in [7, 11) is 0. The SMILES string of the molecule is CCOC(=O)c1c(NC(=O)C(C)Sc2cccc(NC(=O)c3ccc4ccccc4c3)c2)sc(C(=O)Nc2ccccc2)c1C. The van der Waals surface area contributed by atoms with Crippen LogP contribution < -0.4 is 16.0 Å². The molecule has 4 aromatic carbocycles. The van der Waals surface area contributed by atoms with E-state index in [0.717, 1.165) is 27.0 Å². The van der Waals surface area contributed by atoms with E-state index in [1.165, 1.54) is 11.8 Å². The number of anilines is 3. The van der Waals surface area contributed by atoms with Crippen molar-refractivity contribution >= 4 is 73.9 Å². The van der Waals surface area contributed by atoms with Gasteiger partial charge in [-0.3, -0.25) is 14.4 Å². The number of ether oxygens (including phenoxy) is 1. The molecule has 8 nitrogen and oxygen atoms in total. The van der Waals surface area contributed by atoms with Crippen molar-refractivity contribution in [3.05, 3.63) is 119 Å². The summed E-state index contributed by atoms with van der Waals surface area (Å²) < 4.78 is 5.24. The minimum Gasteiger partial charge on any atom is -0.462 e. The highest BCUT2D eigenvalue weighted by Crippen LogP contribution is 2.35. The first-order valence-electron chi connectivity index (χ1n) is 14.3. The summed E-state index contributed by atoms with van der Waals surface area (Å²) in [5.74, 6) is -1.59. The Hall–Kier alpha value is -4.93. The number of esters is 1. The van der Waals surface area contributed by atoms with Crippen molar-refractivity contribution < 1.29 is 23.9 Å². The highest BCUT2D eigenvalue weighted by molar-refractivity contribution is 8.00. The number of carbonyl (C=O) groups excluding carboxylic acids is 4. The monoisotopic (exact) mass is 637 g/mol. The van der Waals surface area contributed by atoms with Crippen LogP contribution in [0, 0.1) is 6.92 Å². The number of hydrogen-bond donors (Lipinski definition) is 3. The predicted molar refractivity (Wildman–Crippen MR) is 182 cm³/mol. The Kier molecular flexibility index (Phi) is 9.96. The first kappa shape index (κ1) is 31.5. The van der Waals surface area contributed by atoms with Crippen molar-refractivity contribution in [1.82, 2.24) is 0 Å². The molecule has 0 fully saturated rings. The molecule has 0 saturated heterocycles. The van der Waals surface area contributed by atoms with Crippen LogP contribution in [0.4, 0.5) is 16.4 Å². The zero-order valence-corrected chi connectivity index (χ0v) is 26.5. The van der Waals surface area contributed by atoms with Gasteiger partial charge in [-0.05, 0) is 79.6 Å². The molecule has 228 valence electrons. The maximum Gasteiger partial charge on any atom is 0.341 e. The first-order valence-corrected chi connectivity index (χ1v) is 16.0. The van der Waals surface area contributed by atoms with Gasteiger partial charge in [0.25, 0.3) is 11.8 Å². The fourth-order valence-corrected chi connectivity index (χ4v) is 6.65. The van der Waals surface area contributed by atoms with Gasteiger partial charge in [-0.25, -0.2) is 4.79 Å². The lowest BCUT2D eigenvalue weighted by atomic mass is 10.1. The molecule has 0 aliphatic rings. The Balaban J connectivity index is 1.28. The average molecular weight is 638 g/mol. The molecule has 1 atom stereocenters. The maximum absolute atomic E-state index is 13.3. The van der Waals surface area contributed by atoms with Crippen molar-refractivity contribution in [2.75, 3.05) is 22.6 Å². The van der Waals surface area contributed by atoms with E-state index in [2.05, 4.69) is 16.0 Å². The molecule has 3 N–H and O–H groups in total. The zero-order chi connectivity index (χ0) is 31.9. The summed E-state index contributed by atoms with van der Waals surface area (Å²) in [5.41, 5.74) is 2.33. The van der Waals surface area contributed by atoms with Crippen LogP contribution in [0.25, 0.3) is 10.8 Å². The first-order chi connectivity index (χ1) is 21.7. The van der Waals surface area contributed by atoms with Crippen molar-refractivity contribution in [2.24, 2.45) is 0 Å². The van der Waals surface area contributed by atoms with Crippen LogP contribution in [0.1, 0.15) is 49.8 Å². The second-order valence-electron chi connectivity index (χ2n) is 10.1. The topological polar surface area (TPSA) is 114 Å². The number of thiophene rings is 1. The molecule has 5 rings (SSSR count). The summed E-state index contributed by atoms with van der Waals surface area (Å²) in [6.07, 6.45) is 0. The molecular formula is C35H31N3O5S2.